The number of halogens is 1. The first kappa shape index (κ1) is 14.6. The van der Waals surface area contributed by atoms with Crippen LogP contribution in [0.5, 0.6) is 5.75 Å². The summed E-state index contributed by atoms with van der Waals surface area (Å²) in [5.41, 5.74) is 2.16. The SMILES string of the molecule is Cc1ccc(C)c(OCCCN2CCOCC2)c1Cl. The van der Waals surface area contributed by atoms with Gasteiger partial charge in [0.1, 0.15) is 5.75 Å². The number of benzene rings is 1. The molecule has 0 amide bonds. The Labute approximate surface area is 120 Å². The second-order valence-corrected chi connectivity index (χ2v) is 5.38. The lowest BCUT2D eigenvalue weighted by molar-refractivity contribution is 0.0358. The minimum absolute atomic E-state index is 0.710. The molecule has 1 saturated heterocycles. The Balaban J connectivity index is 1.77. The fraction of sp³-hybridized carbons (Fsp3) is 0.600. The molecule has 19 heavy (non-hydrogen) atoms. The summed E-state index contributed by atoms with van der Waals surface area (Å²) in [4.78, 5) is 2.41. The standard InChI is InChI=1S/C15H22ClNO2/c1-12-4-5-13(2)15(14(12)16)19-9-3-6-17-7-10-18-11-8-17/h4-5H,3,6-11H2,1-2H3. The summed E-state index contributed by atoms with van der Waals surface area (Å²) in [6.07, 6.45) is 1.02. The predicted molar refractivity (Wildman–Crippen MR) is 78.3 cm³/mol. The molecule has 3 nitrogen and oxygen atoms in total. The zero-order chi connectivity index (χ0) is 13.7. The molecule has 0 saturated carbocycles. The topological polar surface area (TPSA) is 21.7 Å². The van der Waals surface area contributed by atoms with Crippen molar-refractivity contribution in [3.63, 3.8) is 0 Å². The van der Waals surface area contributed by atoms with Crippen molar-refractivity contribution in [2.75, 3.05) is 39.5 Å². The maximum atomic E-state index is 6.27. The second kappa shape index (κ2) is 7.13. The van der Waals surface area contributed by atoms with E-state index >= 15 is 0 Å². The Morgan fingerprint density at radius 3 is 2.63 bits per heavy atom. The third kappa shape index (κ3) is 4.10. The number of nitrogens with zero attached hydrogens (tertiary/aromatic N) is 1. The Morgan fingerprint density at radius 1 is 1.21 bits per heavy atom. The van der Waals surface area contributed by atoms with Crippen LogP contribution < -0.4 is 4.74 Å². The zero-order valence-corrected chi connectivity index (χ0v) is 12.5. The molecular weight excluding hydrogens is 262 g/mol. The smallest absolute Gasteiger partial charge is 0.141 e. The minimum atomic E-state index is 0.710. The molecule has 1 heterocycles. The molecular formula is C15H22ClNO2. The van der Waals surface area contributed by atoms with Gasteiger partial charge in [0.2, 0.25) is 0 Å². The summed E-state index contributed by atoms with van der Waals surface area (Å²) in [5.74, 6) is 0.837. The van der Waals surface area contributed by atoms with Gasteiger partial charge in [-0.25, -0.2) is 0 Å². The highest BCUT2D eigenvalue weighted by Gasteiger charge is 2.11. The maximum absolute atomic E-state index is 6.27. The van der Waals surface area contributed by atoms with E-state index in [1.807, 2.05) is 19.9 Å². The van der Waals surface area contributed by atoms with Gasteiger partial charge in [-0.3, -0.25) is 4.90 Å². The van der Waals surface area contributed by atoms with E-state index in [9.17, 15) is 0 Å². The third-order valence-electron chi connectivity index (χ3n) is 3.46. The van der Waals surface area contributed by atoms with Crippen molar-refractivity contribution in [2.45, 2.75) is 20.3 Å². The lowest BCUT2D eigenvalue weighted by Crippen LogP contribution is -2.37. The molecule has 0 atom stereocenters. The van der Waals surface area contributed by atoms with Crippen LogP contribution in [0.4, 0.5) is 0 Å². The van der Waals surface area contributed by atoms with E-state index in [-0.39, 0.29) is 0 Å². The van der Waals surface area contributed by atoms with Crippen molar-refractivity contribution < 1.29 is 9.47 Å². The van der Waals surface area contributed by atoms with E-state index in [4.69, 9.17) is 21.1 Å². The lowest BCUT2D eigenvalue weighted by Gasteiger charge is -2.26. The monoisotopic (exact) mass is 283 g/mol. The van der Waals surface area contributed by atoms with Gasteiger partial charge in [-0.15, -0.1) is 0 Å². The first-order valence-corrected chi connectivity index (χ1v) is 7.25. The Kier molecular flexibility index (Phi) is 5.49. The molecule has 4 heteroatoms. The number of rotatable bonds is 5. The van der Waals surface area contributed by atoms with E-state index in [1.54, 1.807) is 0 Å². The summed E-state index contributed by atoms with van der Waals surface area (Å²) in [6, 6.07) is 4.08. The predicted octanol–water partition coefficient (Wildman–Crippen LogP) is 3.06. The fourth-order valence-corrected chi connectivity index (χ4v) is 2.48. The van der Waals surface area contributed by atoms with Gasteiger partial charge in [-0.1, -0.05) is 23.7 Å². The normalized spacial score (nSPS) is 16.6. The number of hydrogen-bond acceptors (Lipinski definition) is 3. The minimum Gasteiger partial charge on any atom is -0.492 e. The van der Waals surface area contributed by atoms with Crippen molar-refractivity contribution in [1.29, 1.82) is 0 Å². The van der Waals surface area contributed by atoms with Crippen LogP contribution in [0.15, 0.2) is 12.1 Å². The van der Waals surface area contributed by atoms with Gasteiger partial charge >= 0.3 is 0 Å². The quantitative estimate of drug-likeness (QED) is 0.775. The third-order valence-corrected chi connectivity index (χ3v) is 3.93. The molecule has 0 N–H and O–H groups in total. The summed E-state index contributed by atoms with van der Waals surface area (Å²) in [6.45, 7) is 9.57. The highest BCUT2D eigenvalue weighted by Crippen LogP contribution is 2.31. The van der Waals surface area contributed by atoms with Crippen molar-refractivity contribution >= 4 is 11.6 Å². The molecule has 0 aliphatic carbocycles. The van der Waals surface area contributed by atoms with Crippen molar-refractivity contribution in [2.24, 2.45) is 0 Å². The van der Waals surface area contributed by atoms with E-state index in [0.717, 1.165) is 61.2 Å². The van der Waals surface area contributed by atoms with Crippen LogP contribution in [0.2, 0.25) is 5.02 Å². The molecule has 1 aliphatic heterocycles. The second-order valence-electron chi connectivity index (χ2n) is 5.00. The maximum Gasteiger partial charge on any atom is 0.141 e. The molecule has 0 radical (unpaired) electrons. The van der Waals surface area contributed by atoms with Gasteiger partial charge in [0.25, 0.3) is 0 Å². The highest BCUT2D eigenvalue weighted by molar-refractivity contribution is 6.32. The zero-order valence-electron chi connectivity index (χ0n) is 11.7. The molecule has 0 aromatic heterocycles. The highest BCUT2D eigenvalue weighted by atomic mass is 35.5. The molecule has 0 bridgehead atoms. The van der Waals surface area contributed by atoms with Gasteiger partial charge in [-0.2, -0.15) is 0 Å². The molecule has 1 aromatic carbocycles. The van der Waals surface area contributed by atoms with E-state index in [0.29, 0.717) is 6.61 Å². The van der Waals surface area contributed by atoms with Crippen LogP contribution in [-0.2, 0) is 4.74 Å². The number of hydrogen-bond donors (Lipinski definition) is 0. The van der Waals surface area contributed by atoms with Gasteiger partial charge < -0.3 is 9.47 Å². The Hall–Kier alpha value is -0.770. The summed E-state index contributed by atoms with van der Waals surface area (Å²) in [7, 11) is 0. The first-order valence-electron chi connectivity index (χ1n) is 6.87. The van der Waals surface area contributed by atoms with Crippen molar-refractivity contribution in [1.82, 2.24) is 4.90 Å². The van der Waals surface area contributed by atoms with Crippen molar-refractivity contribution in [3.8, 4) is 5.75 Å². The molecule has 1 aliphatic rings. The van der Waals surface area contributed by atoms with Crippen LogP contribution >= 0.6 is 11.6 Å². The summed E-state index contributed by atoms with van der Waals surface area (Å²) >= 11 is 6.27. The summed E-state index contributed by atoms with van der Waals surface area (Å²) in [5, 5.41) is 0.742. The number of ether oxygens (including phenoxy) is 2. The fourth-order valence-electron chi connectivity index (χ4n) is 2.22. The van der Waals surface area contributed by atoms with E-state index in [2.05, 4.69) is 11.0 Å². The Bertz CT molecular complexity index is 417. The van der Waals surface area contributed by atoms with E-state index in [1.165, 1.54) is 0 Å². The van der Waals surface area contributed by atoms with Crippen LogP contribution in [0.1, 0.15) is 17.5 Å². The summed E-state index contributed by atoms with van der Waals surface area (Å²) < 4.78 is 11.2. The van der Waals surface area contributed by atoms with Gasteiger partial charge in [0, 0.05) is 19.6 Å². The van der Waals surface area contributed by atoms with Gasteiger partial charge in [0.05, 0.1) is 24.8 Å². The van der Waals surface area contributed by atoms with Crippen LogP contribution in [0.3, 0.4) is 0 Å². The number of aryl methyl sites for hydroxylation is 2. The van der Waals surface area contributed by atoms with Crippen LogP contribution in [0, 0.1) is 13.8 Å². The molecule has 1 aromatic rings. The van der Waals surface area contributed by atoms with Crippen LogP contribution in [-0.4, -0.2) is 44.4 Å². The Morgan fingerprint density at radius 2 is 1.89 bits per heavy atom. The van der Waals surface area contributed by atoms with Gasteiger partial charge in [-0.05, 0) is 31.4 Å². The molecule has 1 fully saturated rings. The van der Waals surface area contributed by atoms with E-state index < -0.39 is 0 Å². The molecule has 106 valence electrons. The first-order chi connectivity index (χ1) is 9.18. The number of morpholine rings is 1. The molecule has 0 unspecified atom stereocenters. The average molecular weight is 284 g/mol. The van der Waals surface area contributed by atoms with Gasteiger partial charge in [0.15, 0.2) is 0 Å². The van der Waals surface area contributed by atoms with Crippen LogP contribution in [0.25, 0.3) is 0 Å². The molecule has 0 spiro atoms. The van der Waals surface area contributed by atoms with Crippen molar-refractivity contribution in [3.05, 3.63) is 28.3 Å². The molecule has 2 rings (SSSR count). The largest absolute Gasteiger partial charge is 0.492 e. The average Bonchev–Trinajstić information content (AvgIpc) is 2.43. The lowest BCUT2D eigenvalue weighted by atomic mass is 10.1.